The van der Waals surface area contributed by atoms with E-state index in [1.54, 1.807) is 23.1 Å². The predicted molar refractivity (Wildman–Crippen MR) is 112 cm³/mol. The van der Waals surface area contributed by atoms with E-state index in [0.717, 1.165) is 29.7 Å². The molecule has 0 radical (unpaired) electrons. The summed E-state index contributed by atoms with van der Waals surface area (Å²) in [7, 11) is 0. The van der Waals surface area contributed by atoms with Crippen LogP contribution >= 0.6 is 11.6 Å². The van der Waals surface area contributed by atoms with Gasteiger partial charge in [0.25, 0.3) is 5.56 Å². The summed E-state index contributed by atoms with van der Waals surface area (Å²) in [5.74, 6) is 1.36. The smallest absolute Gasteiger partial charge is 0.258 e. The van der Waals surface area contributed by atoms with E-state index in [9.17, 15) is 9.59 Å². The Morgan fingerprint density at radius 2 is 2.14 bits per heavy atom. The Hall–Kier alpha value is -2.86. The molecule has 0 saturated heterocycles. The first-order valence-electron chi connectivity index (χ1n) is 9.74. The highest BCUT2D eigenvalue weighted by molar-refractivity contribution is 6.31. The van der Waals surface area contributed by atoms with Crippen molar-refractivity contribution >= 4 is 28.4 Å². The van der Waals surface area contributed by atoms with E-state index in [-0.39, 0.29) is 18.0 Å². The summed E-state index contributed by atoms with van der Waals surface area (Å²) >= 11 is 6.03. The van der Waals surface area contributed by atoms with Crippen molar-refractivity contribution in [2.24, 2.45) is 0 Å². The van der Waals surface area contributed by atoms with Gasteiger partial charge in [0.15, 0.2) is 0 Å². The number of benzene rings is 2. The van der Waals surface area contributed by atoms with Crippen LogP contribution < -0.4 is 10.3 Å². The fourth-order valence-electron chi connectivity index (χ4n) is 3.61. The second-order valence-corrected chi connectivity index (χ2v) is 7.64. The molecule has 7 heteroatoms. The van der Waals surface area contributed by atoms with Crippen LogP contribution in [0.25, 0.3) is 10.9 Å². The number of fused-ring (bicyclic) bond motifs is 2. The third-order valence-electron chi connectivity index (χ3n) is 5.01. The van der Waals surface area contributed by atoms with Crippen LogP contribution in [0.2, 0.25) is 5.02 Å². The number of rotatable bonds is 6. The molecule has 6 nitrogen and oxygen atoms in total. The van der Waals surface area contributed by atoms with Gasteiger partial charge >= 0.3 is 0 Å². The Morgan fingerprint density at radius 3 is 2.97 bits per heavy atom. The van der Waals surface area contributed by atoms with Crippen LogP contribution in [0, 0.1) is 0 Å². The first-order chi connectivity index (χ1) is 14.0. The average molecular weight is 412 g/mol. The summed E-state index contributed by atoms with van der Waals surface area (Å²) in [6.45, 7) is 3.55. The third kappa shape index (κ3) is 4.27. The van der Waals surface area contributed by atoms with E-state index in [4.69, 9.17) is 16.3 Å². The molecule has 3 aromatic rings. The largest absolute Gasteiger partial charge is 0.493 e. The molecule has 0 fully saturated rings. The highest BCUT2D eigenvalue weighted by Gasteiger charge is 2.18. The fourth-order valence-corrected chi connectivity index (χ4v) is 3.78. The lowest BCUT2D eigenvalue weighted by atomic mass is 10.1. The topological polar surface area (TPSA) is 75.3 Å². The van der Waals surface area contributed by atoms with Gasteiger partial charge in [-0.3, -0.25) is 9.59 Å². The molecule has 0 atom stereocenters. The molecule has 4 rings (SSSR count). The number of aromatic amines is 1. The maximum atomic E-state index is 13.0. The normalized spacial score (nSPS) is 12.6. The van der Waals surface area contributed by atoms with Gasteiger partial charge in [0.05, 0.1) is 30.5 Å². The van der Waals surface area contributed by atoms with Crippen LogP contribution in [0.4, 0.5) is 0 Å². The van der Waals surface area contributed by atoms with E-state index in [2.05, 4.69) is 9.97 Å². The summed E-state index contributed by atoms with van der Waals surface area (Å²) in [6.07, 6.45) is 1.99. The standard InChI is InChI=1S/C22H22ClN3O3/c1-2-8-26(21(27)11-14-3-6-19-15(10-14)7-9-29-19)13-20-24-18-12-16(23)4-5-17(18)22(28)25-20/h3-6,10,12H,2,7-9,11,13H2,1H3,(H,24,25,28). The van der Waals surface area contributed by atoms with Crippen LogP contribution in [0.5, 0.6) is 5.75 Å². The third-order valence-corrected chi connectivity index (χ3v) is 5.25. The summed E-state index contributed by atoms with van der Waals surface area (Å²) in [5, 5.41) is 0.996. The molecule has 29 heavy (non-hydrogen) atoms. The number of carbonyl (C=O) groups excluding carboxylic acids is 1. The monoisotopic (exact) mass is 411 g/mol. The molecule has 150 valence electrons. The van der Waals surface area contributed by atoms with Crippen LogP contribution in [0.15, 0.2) is 41.2 Å². The van der Waals surface area contributed by atoms with Crippen molar-refractivity contribution in [2.75, 3.05) is 13.2 Å². The summed E-state index contributed by atoms with van der Waals surface area (Å²) < 4.78 is 5.53. The van der Waals surface area contributed by atoms with E-state index >= 15 is 0 Å². The zero-order valence-electron chi connectivity index (χ0n) is 16.2. The lowest BCUT2D eigenvalue weighted by Crippen LogP contribution is -2.34. The number of carbonyl (C=O) groups is 1. The summed E-state index contributed by atoms with van der Waals surface area (Å²) in [5.41, 5.74) is 2.41. The maximum absolute atomic E-state index is 13.0. The minimum absolute atomic E-state index is 0.000412. The fraction of sp³-hybridized carbons (Fsp3) is 0.318. The Labute approximate surface area is 173 Å². The first kappa shape index (κ1) is 19.5. The van der Waals surface area contributed by atoms with Crippen LogP contribution in [-0.4, -0.2) is 33.9 Å². The van der Waals surface area contributed by atoms with Gasteiger partial charge in [-0.05, 0) is 41.8 Å². The van der Waals surface area contributed by atoms with Crippen molar-refractivity contribution in [3.8, 4) is 5.75 Å². The molecule has 1 amide bonds. The Kier molecular flexibility index (Phi) is 5.53. The van der Waals surface area contributed by atoms with Crippen molar-refractivity contribution in [1.82, 2.24) is 14.9 Å². The number of hydrogen-bond acceptors (Lipinski definition) is 4. The highest BCUT2D eigenvalue weighted by atomic mass is 35.5. The van der Waals surface area contributed by atoms with Crippen molar-refractivity contribution in [3.05, 3.63) is 68.7 Å². The Bertz CT molecular complexity index is 1130. The lowest BCUT2D eigenvalue weighted by Gasteiger charge is -2.22. The predicted octanol–water partition coefficient (Wildman–Crippen LogP) is 3.49. The molecule has 0 spiro atoms. The molecule has 2 heterocycles. The SMILES string of the molecule is CCCN(Cc1nc2cc(Cl)ccc2c(=O)[nH]1)C(=O)Cc1ccc2c(c1)CCO2. The summed E-state index contributed by atoms with van der Waals surface area (Å²) in [6, 6.07) is 10.9. The first-order valence-corrected chi connectivity index (χ1v) is 10.1. The van der Waals surface area contributed by atoms with Gasteiger partial charge in [-0.2, -0.15) is 0 Å². The van der Waals surface area contributed by atoms with Crippen LogP contribution in [0.1, 0.15) is 30.3 Å². The van der Waals surface area contributed by atoms with E-state index in [1.807, 2.05) is 25.1 Å². The second kappa shape index (κ2) is 8.25. The van der Waals surface area contributed by atoms with E-state index < -0.39 is 0 Å². The number of hydrogen-bond donors (Lipinski definition) is 1. The van der Waals surface area contributed by atoms with Gasteiger partial charge in [-0.25, -0.2) is 4.98 Å². The molecule has 0 bridgehead atoms. The minimum Gasteiger partial charge on any atom is -0.493 e. The highest BCUT2D eigenvalue weighted by Crippen LogP contribution is 2.26. The molecule has 0 unspecified atom stereocenters. The van der Waals surface area contributed by atoms with Crippen LogP contribution in [0.3, 0.4) is 0 Å². The molecular formula is C22H22ClN3O3. The van der Waals surface area contributed by atoms with E-state index in [0.29, 0.717) is 41.3 Å². The van der Waals surface area contributed by atoms with Gasteiger partial charge in [-0.15, -0.1) is 0 Å². The zero-order chi connectivity index (χ0) is 20.4. The number of halogens is 1. The number of amides is 1. The van der Waals surface area contributed by atoms with E-state index in [1.165, 1.54) is 0 Å². The van der Waals surface area contributed by atoms with Gasteiger partial charge in [-0.1, -0.05) is 30.7 Å². The number of aromatic nitrogens is 2. The lowest BCUT2D eigenvalue weighted by molar-refractivity contribution is -0.131. The summed E-state index contributed by atoms with van der Waals surface area (Å²) in [4.78, 5) is 34.4. The molecule has 0 saturated carbocycles. The van der Waals surface area contributed by atoms with Gasteiger partial charge in [0.2, 0.25) is 5.91 Å². The quantitative estimate of drug-likeness (QED) is 0.673. The zero-order valence-corrected chi connectivity index (χ0v) is 17.0. The second-order valence-electron chi connectivity index (χ2n) is 7.21. The van der Waals surface area contributed by atoms with Crippen molar-refractivity contribution in [3.63, 3.8) is 0 Å². The molecule has 1 aliphatic heterocycles. The molecule has 1 N–H and O–H groups in total. The molecule has 0 aliphatic carbocycles. The van der Waals surface area contributed by atoms with Gasteiger partial charge in [0, 0.05) is 18.0 Å². The maximum Gasteiger partial charge on any atom is 0.258 e. The van der Waals surface area contributed by atoms with Crippen LogP contribution in [-0.2, 0) is 24.2 Å². The molecule has 1 aromatic heterocycles. The molecular weight excluding hydrogens is 390 g/mol. The number of ether oxygens (including phenoxy) is 1. The van der Waals surface area contributed by atoms with Crippen molar-refractivity contribution in [2.45, 2.75) is 32.7 Å². The molecule has 1 aliphatic rings. The number of nitrogens with zero attached hydrogens (tertiary/aromatic N) is 2. The number of H-pyrrole nitrogens is 1. The Morgan fingerprint density at radius 1 is 1.28 bits per heavy atom. The number of nitrogens with one attached hydrogen (secondary N) is 1. The Balaban J connectivity index is 1.55. The molecule has 2 aromatic carbocycles. The van der Waals surface area contributed by atoms with Gasteiger partial charge < -0.3 is 14.6 Å². The van der Waals surface area contributed by atoms with Crippen molar-refractivity contribution < 1.29 is 9.53 Å². The van der Waals surface area contributed by atoms with Crippen molar-refractivity contribution in [1.29, 1.82) is 0 Å². The van der Waals surface area contributed by atoms with Gasteiger partial charge in [0.1, 0.15) is 11.6 Å². The minimum atomic E-state index is -0.232. The average Bonchev–Trinajstić information content (AvgIpc) is 3.15.